The summed E-state index contributed by atoms with van der Waals surface area (Å²) in [7, 11) is 0. The summed E-state index contributed by atoms with van der Waals surface area (Å²) >= 11 is 0. The number of carbonyl (C=O) groups excluding carboxylic acids is 1. The monoisotopic (exact) mass is 486 g/mol. The van der Waals surface area contributed by atoms with Crippen molar-refractivity contribution in [2.24, 2.45) is 11.3 Å². The molecule has 1 rings (SSSR count). The lowest BCUT2D eigenvalue weighted by molar-refractivity contribution is -0.146. The molecule has 0 aliphatic carbocycles. The lowest BCUT2D eigenvalue weighted by atomic mass is 9.90. The van der Waals surface area contributed by atoms with Gasteiger partial charge in [0.25, 0.3) is 0 Å². The molecule has 0 aromatic carbocycles. The molecule has 11 nitrogen and oxygen atoms in total. The van der Waals surface area contributed by atoms with Crippen LogP contribution in [-0.4, -0.2) is 137 Å². The molecule has 1 saturated heterocycles. The van der Waals surface area contributed by atoms with Gasteiger partial charge in [0.05, 0.1) is 19.6 Å². The third kappa shape index (κ3) is 10.9. The van der Waals surface area contributed by atoms with E-state index in [4.69, 9.17) is 0 Å². The molecule has 0 spiro atoms. The number of nitrogens with zero attached hydrogens (tertiary/aromatic N) is 4. The average Bonchev–Trinajstić information content (AvgIpc) is 2.67. The minimum Gasteiger partial charge on any atom is -0.480 e. The number of carboxylic acid groups (broad SMARTS) is 3. The second-order valence-corrected chi connectivity index (χ2v) is 10.4. The SMILES string of the molecule is CC(C)C(C(=O)O)N1CCN(CC(=O)O)CCN(CC(=O)C(C)(C)C)CCN(CC(=O)O)CC1. The number of carboxylic acids is 3. The standard InChI is InChI=1S/C23H42N4O7/c1-17(2)21(22(33)34)27-12-10-25(15-19(29)30)8-6-24(14-18(28)23(3,4)5)7-9-26(11-13-27)16-20(31)32/h17,21H,6-16H2,1-5H3,(H,29,30)(H,31,32)(H,33,34). The van der Waals surface area contributed by atoms with Gasteiger partial charge in [0.1, 0.15) is 6.04 Å². The summed E-state index contributed by atoms with van der Waals surface area (Å²) in [6.45, 7) is 12.1. The van der Waals surface area contributed by atoms with Crippen molar-refractivity contribution in [3.05, 3.63) is 0 Å². The van der Waals surface area contributed by atoms with E-state index in [1.807, 2.05) is 39.5 Å². The van der Waals surface area contributed by atoms with Gasteiger partial charge in [-0.15, -0.1) is 0 Å². The zero-order chi connectivity index (χ0) is 26.1. The molecule has 1 aliphatic rings. The van der Waals surface area contributed by atoms with Crippen LogP contribution < -0.4 is 0 Å². The van der Waals surface area contributed by atoms with Crippen molar-refractivity contribution in [3.63, 3.8) is 0 Å². The minimum atomic E-state index is -0.970. The van der Waals surface area contributed by atoms with E-state index in [1.54, 1.807) is 14.7 Å². The summed E-state index contributed by atoms with van der Waals surface area (Å²) in [5.74, 6) is -3.01. The van der Waals surface area contributed by atoms with Gasteiger partial charge >= 0.3 is 17.9 Å². The predicted molar refractivity (Wildman–Crippen MR) is 127 cm³/mol. The van der Waals surface area contributed by atoms with Crippen molar-refractivity contribution in [2.45, 2.75) is 40.7 Å². The van der Waals surface area contributed by atoms with Gasteiger partial charge in [0.2, 0.25) is 0 Å². The van der Waals surface area contributed by atoms with E-state index in [0.29, 0.717) is 52.4 Å². The van der Waals surface area contributed by atoms with Crippen LogP contribution in [-0.2, 0) is 19.2 Å². The first-order valence-electron chi connectivity index (χ1n) is 11.8. The molecule has 1 heterocycles. The largest absolute Gasteiger partial charge is 0.480 e. The maximum absolute atomic E-state index is 12.7. The highest BCUT2D eigenvalue weighted by molar-refractivity contribution is 5.85. The third-order valence-electron chi connectivity index (χ3n) is 6.07. The number of carbonyl (C=O) groups is 4. The second-order valence-electron chi connectivity index (χ2n) is 10.4. The summed E-state index contributed by atoms with van der Waals surface area (Å²) in [5.41, 5.74) is -0.519. The molecule has 0 aromatic heterocycles. The number of hydrogen-bond acceptors (Lipinski definition) is 8. The van der Waals surface area contributed by atoms with E-state index in [1.165, 1.54) is 0 Å². The quantitative estimate of drug-likeness (QED) is 0.408. The van der Waals surface area contributed by atoms with Crippen LogP contribution in [0.3, 0.4) is 0 Å². The molecule has 1 aliphatic heterocycles. The first-order valence-corrected chi connectivity index (χ1v) is 11.8. The molecule has 1 fully saturated rings. The lowest BCUT2D eigenvalue weighted by Crippen LogP contribution is -2.53. The van der Waals surface area contributed by atoms with Crippen LogP contribution in [0.2, 0.25) is 0 Å². The summed E-state index contributed by atoms with van der Waals surface area (Å²) in [5, 5.41) is 28.5. The minimum absolute atomic E-state index is 0.0570. The predicted octanol–water partition coefficient (Wildman–Crippen LogP) is 0.102. The zero-order valence-corrected chi connectivity index (χ0v) is 21.2. The third-order valence-corrected chi connectivity index (χ3v) is 6.07. The zero-order valence-electron chi connectivity index (χ0n) is 21.2. The van der Waals surface area contributed by atoms with Crippen LogP contribution in [0.15, 0.2) is 0 Å². The van der Waals surface area contributed by atoms with E-state index in [9.17, 15) is 34.5 Å². The second kappa shape index (κ2) is 13.7. The lowest BCUT2D eigenvalue weighted by Gasteiger charge is -2.36. The van der Waals surface area contributed by atoms with Crippen molar-refractivity contribution in [1.82, 2.24) is 19.6 Å². The number of aliphatic carboxylic acids is 3. The number of hydrogen-bond donors (Lipinski definition) is 3. The highest BCUT2D eigenvalue weighted by Gasteiger charge is 2.30. The van der Waals surface area contributed by atoms with Gasteiger partial charge in [0, 0.05) is 57.8 Å². The van der Waals surface area contributed by atoms with E-state index in [2.05, 4.69) is 0 Å². The Hall–Kier alpha value is -2.08. The molecule has 0 bridgehead atoms. The van der Waals surface area contributed by atoms with Crippen LogP contribution in [0.1, 0.15) is 34.6 Å². The molecular weight excluding hydrogens is 444 g/mol. The molecular formula is C23H42N4O7. The van der Waals surface area contributed by atoms with Crippen molar-refractivity contribution in [1.29, 1.82) is 0 Å². The van der Waals surface area contributed by atoms with Gasteiger partial charge in [0.15, 0.2) is 5.78 Å². The molecule has 34 heavy (non-hydrogen) atoms. The molecule has 0 aromatic rings. The summed E-state index contributed by atoms with van der Waals surface area (Å²) in [6, 6.07) is -0.762. The molecule has 11 heteroatoms. The highest BCUT2D eigenvalue weighted by Crippen LogP contribution is 2.16. The van der Waals surface area contributed by atoms with E-state index in [0.717, 1.165) is 0 Å². The summed E-state index contributed by atoms with van der Waals surface area (Å²) in [4.78, 5) is 54.8. The Balaban J connectivity index is 3.15. The van der Waals surface area contributed by atoms with Crippen LogP contribution in [0.5, 0.6) is 0 Å². The van der Waals surface area contributed by atoms with Gasteiger partial charge in [-0.1, -0.05) is 34.6 Å². The fourth-order valence-corrected chi connectivity index (χ4v) is 3.99. The molecule has 196 valence electrons. The van der Waals surface area contributed by atoms with Gasteiger partial charge in [-0.3, -0.25) is 38.8 Å². The van der Waals surface area contributed by atoms with E-state index in [-0.39, 0.29) is 31.3 Å². The molecule has 1 atom stereocenters. The Morgan fingerprint density at radius 1 is 0.676 bits per heavy atom. The maximum Gasteiger partial charge on any atom is 0.321 e. The average molecular weight is 487 g/mol. The number of rotatable bonds is 9. The maximum atomic E-state index is 12.7. The first-order chi connectivity index (χ1) is 15.7. The fourth-order valence-electron chi connectivity index (χ4n) is 3.99. The molecule has 3 N–H and O–H groups in total. The van der Waals surface area contributed by atoms with E-state index < -0.39 is 29.4 Å². The Bertz CT molecular complexity index is 676. The van der Waals surface area contributed by atoms with Crippen molar-refractivity contribution < 1.29 is 34.5 Å². The normalized spacial score (nSPS) is 19.8. The molecule has 0 radical (unpaired) electrons. The number of ketones is 1. The van der Waals surface area contributed by atoms with Crippen LogP contribution >= 0.6 is 0 Å². The molecule has 0 amide bonds. The Kier molecular flexibility index (Phi) is 12.1. The Morgan fingerprint density at radius 3 is 1.32 bits per heavy atom. The molecule has 1 unspecified atom stereocenters. The smallest absolute Gasteiger partial charge is 0.321 e. The van der Waals surface area contributed by atoms with Crippen molar-refractivity contribution >= 4 is 23.7 Å². The first kappa shape index (κ1) is 30.0. The summed E-state index contributed by atoms with van der Waals surface area (Å²) in [6.07, 6.45) is 0. The Labute approximate surface area is 202 Å². The van der Waals surface area contributed by atoms with E-state index >= 15 is 0 Å². The van der Waals surface area contributed by atoms with Crippen molar-refractivity contribution in [2.75, 3.05) is 72.0 Å². The van der Waals surface area contributed by atoms with Gasteiger partial charge in [-0.2, -0.15) is 0 Å². The van der Waals surface area contributed by atoms with Crippen LogP contribution in [0.25, 0.3) is 0 Å². The van der Waals surface area contributed by atoms with Crippen molar-refractivity contribution in [3.8, 4) is 0 Å². The van der Waals surface area contributed by atoms with Crippen LogP contribution in [0, 0.1) is 11.3 Å². The van der Waals surface area contributed by atoms with Gasteiger partial charge in [-0.05, 0) is 5.92 Å². The number of Topliss-reactive ketones (excluding diaryl/α,β-unsaturated/α-hetero) is 1. The van der Waals surface area contributed by atoms with Crippen LogP contribution in [0.4, 0.5) is 0 Å². The summed E-state index contributed by atoms with van der Waals surface area (Å²) < 4.78 is 0. The topological polar surface area (TPSA) is 142 Å². The molecule has 0 saturated carbocycles. The van der Waals surface area contributed by atoms with Gasteiger partial charge < -0.3 is 15.3 Å². The van der Waals surface area contributed by atoms with Gasteiger partial charge in [-0.25, -0.2) is 0 Å². The highest BCUT2D eigenvalue weighted by atomic mass is 16.4. The Morgan fingerprint density at radius 2 is 1.03 bits per heavy atom. The fraction of sp³-hybridized carbons (Fsp3) is 0.826.